The number of rotatable bonds is 9. The summed E-state index contributed by atoms with van der Waals surface area (Å²) < 4.78 is 1.41. The molecule has 0 spiro atoms. The Bertz CT molecular complexity index is 1360. The second-order valence-corrected chi connectivity index (χ2v) is 8.97. The number of benzene rings is 3. The van der Waals surface area contributed by atoms with Gasteiger partial charge in [0.05, 0.1) is 11.7 Å². The van der Waals surface area contributed by atoms with Gasteiger partial charge in [-0.25, -0.2) is 9.59 Å². The summed E-state index contributed by atoms with van der Waals surface area (Å²) in [6.45, 7) is 0.645. The van der Waals surface area contributed by atoms with Crippen LogP contribution in [0.4, 0.5) is 21.1 Å². The van der Waals surface area contributed by atoms with Crippen molar-refractivity contribution in [1.82, 2.24) is 20.4 Å². The third-order valence-electron chi connectivity index (χ3n) is 6.50. The molecule has 0 aliphatic rings. The number of nitrogen functional groups attached to an aromatic ring is 1. The smallest absolute Gasteiger partial charge is 0.434 e. The lowest BCUT2D eigenvalue weighted by atomic mass is 9.77. The minimum Gasteiger partial charge on any atom is -0.465 e. The van der Waals surface area contributed by atoms with E-state index in [4.69, 9.17) is 5.73 Å². The lowest BCUT2D eigenvalue weighted by molar-refractivity contribution is 0.200. The van der Waals surface area contributed by atoms with E-state index in [1.54, 1.807) is 7.05 Å². The van der Waals surface area contributed by atoms with Gasteiger partial charge in [-0.2, -0.15) is 5.10 Å². The third-order valence-corrected chi connectivity index (χ3v) is 6.50. The molecular weight excluding hydrogens is 510 g/mol. The first-order valence-electron chi connectivity index (χ1n) is 12.6. The molecule has 0 saturated heterocycles. The number of amides is 2. The van der Waals surface area contributed by atoms with E-state index in [-0.39, 0.29) is 18.3 Å². The molecule has 2 amide bonds. The fourth-order valence-electron chi connectivity index (χ4n) is 4.71. The summed E-state index contributed by atoms with van der Waals surface area (Å²) in [6.07, 6.45) is -1.11. The molecule has 40 heavy (non-hydrogen) atoms. The van der Waals surface area contributed by atoms with Gasteiger partial charge < -0.3 is 20.8 Å². The maximum absolute atomic E-state index is 11.5. The highest BCUT2D eigenvalue weighted by Gasteiger charge is 2.35. The number of carboxylic acid groups (broad SMARTS) is 2. The summed E-state index contributed by atoms with van der Waals surface area (Å²) in [7, 11) is 1.63. The monoisotopic (exact) mass is 541 g/mol. The molecule has 0 saturated carbocycles. The number of aromatic nitrogens is 2. The molecule has 0 fully saturated rings. The second kappa shape index (κ2) is 12.6. The minimum absolute atomic E-state index is 0.184. The van der Waals surface area contributed by atoms with E-state index in [9.17, 15) is 19.8 Å². The number of carbonyl (C=O) groups is 2. The van der Waals surface area contributed by atoms with Crippen LogP contribution in [0.3, 0.4) is 0 Å². The van der Waals surface area contributed by atoms with Crippen molar-refractivity contribution in [3.05, 3.63) is 114 Å². The van der Waals surface area contributed by atoms with Crippen LogP contribution in [-0.2, 0) is 12.6 Å². The fourth-order valence-corrected chi connectivity index (χ4v) is 4.71. The molecule has 206 valence electrons. The Balaban J connectivity index is 1.69. The second-order valence-electron chi connectivity index (χ2n) is 8.97. The summed E-state index contributed by atoms with van der Waals surface area (Å²) in [5.41, 5.74) is 8.93. The third kappa shape index (κ3) is 6.11. The number of nitrogens with two attached hydrogens (primary N) is 1. The molecule has 0 aliphatic heterocycles. The Morgan fingerprint density at radius 1 is 0.925 bits per heavy atom. The molecule has 0 unspecified atom stereocenters. The zero-order valence-corrected chi connectivity index (χ0v) is 21.9. The molecular formula is C29H31N7O4. The van der Waals surface area contributed by atoms with E-state index in [2.05, 4.69) is 57.1 Å². The van der Waals surface area contributed by atoms with Crippen molar-refractivity contribution in [2.75, 3.05) is 23.7 Å². The molecule has 4 rings (SSSR count). The summed E-state index contributed by atoms with van der Waals surface area (Å²) in [5, 5.41) is 28.6. The Morgan fingerprint density at radius 2 is 1.43 bits per heavy atom. The standard InChI is InChI=1S/C29H31N7O4/c1-35-25(30)24(20-32-35)36(26(33-27(37)38)34-28(39)40)19-11-18-31-29(21-12-5-2-6-13-21,22-14-7-3-8-15-22)23-16-9-4-10-17-23/h2-10,12-17,20,31H,11,18-19,30H2,1H3,(H,33,34)(H,37,38)(H,39,40). The molecule has 0 atom stereocenters. The van der Waals surface area contributed by atoms with E-state index in [0.717, 1.165) is 16.7 Å². The van der Waals surface area contributed by atoms with Crippen LogP contribution in [-0.4, -0.2) is 51.2 Å². The van der Waals surface area contributed by atoms with Gasteiger partial charge in [-0.1, -0.05) is 91.0 Å². The van der Waals surface area contributed by atoms with Crippen molar-refractivity contribution in [3.8, 4) is 0 Å². The normalized spacial score (nSPS) is 11.7. The number of nitrogens with one attached hydrogen (secondary N) is 2. The number of hydrogen-bond acceptors (Lipinski definition) is 5. The van der Waals surface area contributed by atoms with Gasteiger partial charge in [0, 0.05) is 13.6 Å². The zero-order valence-electron chi connectivity index (χ0n) is 21.9. The van der Waals surface area contributed by atoms with Gasteiger partial charge >= 0.3 is 12.2 Å². The highest BCUT2D eigenvalue weighted by Crippen LogP contribution is 2.36. The van der Waals surface area contributed by atoms with Crippen molar-refractivity contribution in [2.24, 2.45) is 12.0 Å². The predicted octanol–water partition coefficient (Wildman–Crippen LogP) is 4.08. The van der Waals surface area contributed by atoms with E-state index in [1.165, 1.54) is 15.8 Å². The van der Waals surface area contributed by atoms with Gasteiger partial charge in [0.1, 0.15) is 11.5 Å². The Labute approximate surface area is 231 Å². The summed E-state index contributed by atoms with van der Waals surface area (Å²) >= 11 is 0. The molecule has 0 radical (unpaired) electrons. The van der Waals surface area contributed by atoms with Gasteiger partial charge in [-0.15, -0.1) is 4.99 Å². The van der Waals surface area contributed by atoms with Crippen LogP contribution in [0, 0.1) is 0 Å². The van der Waals surface area contributed by atoms with Gasteiger partial charge in [-0.3, -0.25) is 15.3 Å². The lowest BCUT2D eigenvalue weighted by Crippen LogP contribution is -2.47. The van der Waals surface area contributed by atoms with E-state index >= 15 is 0 Å². The summed E-state index contributed by atoms with van der Waals surface area (Å²) in [6, 6.07) is 30.3. The Morgan fingerprint density at radius 3 is 1.82 bits per heavy atom. The molecule has 4 aromatic rings. The molecule has 11 nitrogen and oxygen atoms in total. The van der Waals surface area contributed by atoms with Gasteiger partial charge in [0.2, 0.25) is 5.96 Å². The predicted molar refractivity (Wildman–Crippen MR) is 153 cm³/mol. The SMILES string of the molecule is Cn1ncc(N(CCCNC(c2ccccc2)(c2ccccc2)c2ccccc2)C(=NC(=O)O)NC(=O)O)c1N. The van der Waals surface area contributed by atoms with Crippen LogP contribution in [0.2, 0.25) is 0 Å². The minimum atomic E-state index is -1.55. The number of aryl methyl sites for hydroxylation is 1. The number of anilines is 2. The number of guanidine groups is 1. The number of nitrogens with zero attached hydrogens (tertiary/aromatic N) is 4. The molecule has 1 heterocycles. The van der Waals surface area contributed by atoms with Crippen molar-refractivity contribution >= 4 is 29.7 Å². The van der Waals surface area contributed by atoms with Gasteiger partial charge in [0.15, 0.2) is 0 Å². The topological polar surface area (TPSA) is 158 Å². The van der Waals surface area contributed by atoms with Crippen LogP contribution >= 0.6 is 0 Å². The van der Waals surface area contributed by atoms with Crippen molar-refractivity contribution in [1.29, 1.82) is 0 Å². The Hall–Kier alpha value is -5.16. The first kappa shape index (κ1) is 27.9. The maximum Gasteiger partial charge on any atom is 0.434 e. The van der Waals surface area contributed by atoms with Crippen molar-refractivity contribution < 1.29 is 19.8 Å². The van der Waals surface area contributed by atoms with Gasteiger partial charge in [0.25, 0.3) is 0 Å². The Kier molecular flexibility index (Phi) is 8.77. The largest absolute Gasteiger partial charge is 0.465 e. The molecule has 11 heteroatoms. The van der Waals surface area contributed by atoms with Crippen LogP contribution in [0.1, 0.15) is 23.1 Å². The summed E-state index contributed by atoms with van der Waals surface area (Å²) in [4.78, 5) is 27.8. The van der Waals surface area contributed by atoms with E-state index < -0.39 is 17.7 Å². The first-order valence-corrected chi connectivity index (χ1v) is 12.6. The molecule has 0 bridgehead atoms. The number of hydrogen-bond donors (Lipinski definition) is 5. The van der Waals surface area contributed by atoms with Crippen molar-refractivity contribution in [3.63, 3.8) is 0 Å². The molecule has 6 N–H and O–H groups in total. The van der Waals surface area contributed by atoms with Gasteiger partial charge in [-0.05, 0) is 29.7 Å². The first-order chi connectivity index (χ1) is 19.3. The van der Waals surface area contributed by atoms with E-state index in [0.29, 0.717) is 18.7 Å². The maximum atomic E-state index is 11.5. The lowest BCUT2D eigenvalue weighted by Gasteiger charge is -2.37. The van der Waals surface area contributed by atoms with Crippen LogP contribution in [0.25, 0.3) is 0 Å². The van der Waals surface area contributed by atoms with E-state index in [1.807, 2.05) is 54.6 Å². The van der Waals surface area contributed by atoms with Crippen LogP contribution in [0.5, 0.6) is 0 Å². The molecule has 1 aromatic heterocycles. The highest BCUT2D eigenvalue weighted by atomic mass is 16.4. The fraction of sp³-hybridized carbons (Fsp3) is 0.172. The average Bonchev–Trinajstić information content (AvgIpc) is 3.29. The van der Waals surface area contributed by atoms with Crippen LogP contribution < -0.4 is 21.3 Å². The zero-order chi connectivity index (χ0) is 28.5. The quantitative estimate of drug-likeness (QED) is 0.0918. The van der Waals surface area contributed by atoms with Crippen LogP contribution in [0.15, 0.2) is 102 Å². The number of aliphatic imine (C=N–C) groups is 1. The molecule has 0 aliphatic carbocycles. The molecule has 3 aromatic carbocycles. The highest BCUT2D eigenvalue weighted by molar-refractivity contribution is 6.08. The van der Waals surface area contributed by atoms with Crippen molar-refractivity contribution in [2.45, 2.75) is 12.0 Å². The average molecular weight is 542 g/mol. The summed E-state index contributed by atoms with van der Waals surface area (Å²) in [5.74, 6) is -0.161.